The smallest absolute Gasteiger partial charge is 0.288 e. The van der Waals surface area contributed by atoms with Crippen molar-refractivity contribution in [2.75, 3.05) is 10.6 Å². The third-order valence-electron chi connectivity index (χ3n) is 4.09. The van der Waals surface area contributed by atoms with Gasteiger partial charge in [-0.15, -0.1) is 0 Å². The third kappa shape index (κ3) is 6.15. The number of nitro groups is 1. The average Bonchev–Trinajstić information content (AvgIpc) is 2.74. The van der Waals surface area contributed by atoms with E-state index in [1.807, 2.05) is 0 Å². The molecule has 0 aliphatic heterocycles. The first kappa shape index (κ1) is 22.0. The van der Waals surface area contributed by atoms with Crippen molar-refractivity contribution in [3.05, 3.63) is 104 Å². The summed E-state index contributed by atoms with van der Waals surface area (Å²) in [6.45, 7) is 0. The lowest BCUT2D eigenvalue weighted by Crippen LogP contribution is -2.12. The second kappa shape index (κ2) is 9.88. The van der Waals surface area contributed by atoms with Crippen LogP contribution in [-0.2, 0) is 4.79 Å². The molecule has 0 saturated heterocycles. The lowest BCUT2D eigenvalue weighted by Gasteiger charge is -2.07. The van der Waals surface area contributed by atoms with Gasteiger partial charge < -0.3 is 10.6 Å². The number of hydrogen-bond acceptors (Lipinski definition) is 4. The van der Waals surface area contributed by atoms with E-state index in [9.17, 15) is 19.7 Å². The molecule has 7 nitrogen and oxygen atoms in total. The molecule has 0 aliphatic rings. The summed E-state index contributed by atoms with van der Waals surface area (Å²) in [5.41, 5.74) is 1.71. The van der Waals surface area contributed by atoms with Crippen LogP contribution in [-0.4, -0.2) is 16.7 Å². The Balaban J connectivity index is 1.60. The topological polar surface area (TPSA) is 101 Å². The maximum Gasteiger partial charge on any atom is 0.288 e. The maximum absolute atomic E-state index is 12.2. The van der Waals surface area contributed by atoms with E-state index in [1.54, 1.807) is 54.6 Å². The number of anilines is 2. The fourth-order valence-corrected chi connectivity index (χ4v) is 2.98. The van der Waals surface area contributed by atoms with Crippen LogP contribution in [0.25, 0.3) is 6.08 Å². The van der Waals surface area contributed by atoms with Crippen LogP contribution < -0.4 is 10.6 Å². The highest BCUT2D eigenvalue weighted by atomic mass is 35.5. The van der Waals surface area contributed by atoms with Gasteiger partial charge in [0.05, 0.1) is 4.92 Å². The molecule has 156 valence electrons. The highest BCUT2D eigenvalue weighted by molar-refractivity contribution is 6.32. The molecule has 0 radical (unpaired) electrons. The first-order valence-corrected chi connectivity index (χ1v) is 9.67. The molecule has 3 rings (SSSR count). The van der Waals surface area contributed by atoms with Crippen LogP contribution in [0.1, 0.15) is 15.9 Å². The molecule has 0 unspecified atom stereocenters. The summed E-state index contributed by atoms with van der Waals surface area (Å²) in [6.07, 6.45) is 2.69. The summed E-state index contributed by atoms with van der Waals surface area (Å²) in [6, 6.07) is 17.4. The number of carbonyl (C=O) groups is 2. The zero-order chi connectivity index (χ0) is 22.4. The fourth-order valence-electron chi connectivity index (χ4n) is 2.60. The molecule has 3 aromatic carbocycles. The number of benzene rings is 3. The van der Waals surface area contributed by atoms with E-state index < -0.39 is 10.8 Å². The van der Waals surface area contributed by atoms with Crippen LogP contribution in [0.5, 0.6) is 0 Å². The predicted molar refractivity (Wildman–Crippen MR) is 122 cm³/mol. The van der Waals surface area contributed by atoms with Gasteiger partial charge in [0, 0.05) is 34.1 Å². The standard InChI is InChI=1S/C22H15Cl2N3O4/c23-16-3-1-2-15(13-16)22(29)26-18-8-6-17(7-9-18)25-21(28)11-5-14-4-10-19(24)20(12-14)27(30)31/h1-13H,(H,25,28)(H,26,29)/b11-5+. The van der Waals surface area contributed by atoms with Crippen molar-refractivity contribution in [3.8, 4) is 0 Å². The van der Waals surface area contributed by atoms with Crippen LogP contribution >= 0.6 is 23.2 Å². The van der Waals surface area contributed by atoms with E-state index in [2.05, 4.69) is 10.6 Å². The van der Waals surface area contributed by atoms with Gasteiger partial charge in [-0.2, -0.15) is 0 Å². The molecule has 9 heteroatoms. The monoisotopic (exact) mass is 455 g/mol. The van der Waals surface area contributed by atoms with Gasteiger partial charge in [-0.3, -0.25) is 19.7 Å². The minimum absolute atomic E-state index is 0.0224. The van der Waals surface area contributed by atoms with Gasteiger partial charge in [-0.25, -0.2) is 0 Å². The van der Waals surface area contributed by atoms with Crippen molar-refractivity contribution in [2.45, 2.75) is 0 Å². The second-order valence-electron chi connectivity index (χ2n) is 6.33. The Hall–Kier alpha value is -3.68. The molecule has 31 heavy (non-hydrogen) atoms. The first-order chi connectivity index (χ1) is 14.8. The Morgan fingerprint density at radius 2 is 1.58 bits per heavy atom. The minimum Gasteiger partial charge on any atom is -0.323 e. The summed E-state index contributed by atoms with van der Waals surface area (Å²) in [5, 5.41) is 16.8. The zero-order valence-corrected chi connectivity index (χ0v) is 17.4. The number of amides is 2. The second-order valence-corrected chi connectivity index (χ2v) is 7.18. The molecule has 0 aromatic heterocycles. The summed E-state index contributed by atoms with van der Waals surface area (Å²) in [7, 11) is 0. The third-order valence-corrected chi connectivity index (χ3v) is 4.65. The average molecular weight is 456 g/mol. The molecule has 2 N–H and O–H groups in total. The van der Waals surface area contributed by atoms with Crippen molar-refractivity contribution in [1.29, 1.82) is 0 Å². The van der Waals surface area contributed by atoms with Crippen molar-refractivity contribution in [1.82, 2.24) is 0 Å². The van der Waals surface area contributed by atoms with Gasteiger partial charge in [-0.1, -0.05) is 35.3 Å². The molecule has 0 heterocycles. The Kier molecular flexibility index (Phi) is 7.02. The van der Waals surface area contributed by atoms with Gasteiger partial charge in [0.25, 0.3) is 11.6 Å². The number of nitrogens with zero attached hydrogens (tertiary/aromatic N) is 1. The molecule has 3 aromatic rings. The molecular weight excluding hydrogens is 441 g/mol. The molecule has 0 aliphatic carbocycles. The lowest BCUT2D eigenvalue weighted by atomic mass is 10.2. The Labute approximate surface area is 187 Å². The van der Waals surface area contributed by atoms with Crippen LogP contribution in [0.4, 0.5) is 17.1 Å². The number of nitro benzene ring substituents is 1. The van der Waals surface area contributed by atoms with Crippen LogP contribution in [0.15, 0.2) is 72.8 Å². The van der Waals surface area contributed by atoms with Gasteiger partial charge in [0.2, 0.25) is 5.91 Å². The molecule has 0 spiro atoms. The van der Waals surface area contributed by atoms with Crippen molar-refractivity contribution >= 4 is 58.2 Å². The largest absolute Gasteiger partial charge is 0.323 e. The van der Waals surface area contributed by atoms with Gasteiger partial charge >= 0.3 is 0 Å². The predicted octanol–water partition coefficient (Wildman–Crippen LogP) is 5.81. The van der Waals surface area contributed by atoms with E-state index in [4.69, 9.17) is 23.2 Å². The summed E-state index contributed by atoms with van der Waals surface area (Å²) >= 11 is 11.7. The van der Waals surface area contributed by atoms with Crippen molar-refractivity contribution < 1.29 is 14.5 Å². The number of hydrogen-bond donors (Lipinski definition) is 2. The van der Waals surface area contributed by atoms with E-state index in [-0.39, 0.29) is 16.6 Å². The first-order valence-electron chi connectivity index (χ1n) is 8.92. The van der Waals surface area contributed by atoms with E-state index in [0.717, 1.165) is 0 Å². The number of halogens is 2. The lowest BCUT2D eigenvalue weighted by molar-refractivity contribution is -0.384. The summed E-state index contributed by atoms with van der Waals surface area (Å²) < 4.78 is 0. The number of nitrogens with one attached hydrogen (secondary N) is 2. The molecule has 0 bridgehead atoms. The molecule has 2 amide bonds. The van der Waals surface area contributed by atoms with Crippen LogP contribution in [0.3, 0.4) is 0 Å². The maximum atomic E-state index is 12.2. The van der Waals surface area contributed by atoms with E-state index >= 15 is 0 Å². The van der Waals surface area contributed by atoms with Gasteiger partial charge in [0.1, 0.15) is 5.02 Å². The Morgan fingerprint density at radius 3 is 2.23 bits per heavy atom. The normalized spacial score (nSPS) is 10.6. The Morgan fingerprint density at radius 1 is 0.903 bits per heavy atom. The minimum atomic E-state index is -0.591. The van der Waals surface area contributed by atoms with Crippen molar-refractivity contribution in [2.24, 2.45) is 0 Å². The Bertz CT molecular complexity index is 1180. The van der Waals surface area contributed by atoms with Crippen molar-refractivity contribution in [3.63, 3.8) is 0 Å². The zero-order valence-electron chi connectivity index (χ0n) is 15.8. The van der Waals surface area contributed by atoms with Crippen LogP contribution in [0.2, 0.25) is 10.0 Å². The fraction of sp³-hybridized carbons (Fsp3) is 0. The molecule has 0 saturated carbocycles. The SMILES string of the molecule is O=C(/C=C/c1ccc(Cl)c([N+](=O)[O-])c1)Nc1ccc(NC(=O)c2cccc(Cl)c2)cc1. The van der Waals surface area contributed by atoms with E-state index in [1.165, 1.54) is 24.3 Å². The summed E-state index contributed by atoms with van der Waals surface area (Å²) in [5.74, 6) is -0.729. The molecule has 0 atom stereocenters. The summed E-state index contributed by atoms with van der Waals surface area (Å²) in [4.78, 5) is 34.7. The number of carbonyl (C=O) groups excluding carboxylic acids is 2. The molecule has 0 fully saturated rings. The van der Waals surface area contributed by atoms with Gasteiger partial charge in [-0.05, 0) is 60.2 Å². The number of rotatable bonds is 6. The van der Waals surface area contributed by atoms with Crippen LogP contribution in [0, 0.1) is 10.1 Å². The quantitative estimate of drug-likeness (QED) is 0.278. The highest BCUT2D eigenvalue weighted by Gasteiger charge is 2.12. The van der Waals surface area contributed by atoms with Gasteiger partial charge in [0.15, 0.2) is 0 Å². The molecular formula is C22H15Cl2N3O4. The van der Waals surface area contributed by atoms with E-state index in [0.29, 0.717) is 27.5 Å². The highest BCUT2D eigenvalue weighted by Crippen LogP contribution is 2.25.